The van der Waals surface area contributed by atoms with E-state index >= 15 is 0 Å². The van der Waals surface area contributed by atoms with Gasteiger partial charge in [-0.15, -0.1) is 22.7 Å². The van der Waals surface area contributed by atoms with Crippen LogP contribution in [0, 0.1) is 0 Å². The summed E-state index contributed by atoms with van der Waals surface area (Å²) in [5.74, 6) is -0.267. The lowest BCUT2D eigenvalue weighted by molar-refractivity contribution is -0.146. The third-order valence-electron chi connectivity index (χ3n) is 4.26. The summed E-state index contributed by atoms with van der Waals surface area (Å²) in [6.07, 6.45) is 0.396. The molecule has 6 nitrogen and oxygen atoms in total. The van der Waals surface area contributed by atoms with Crippen molar-refractivity contribution < 1.29 is 14.3 Å². The van der Waals surface area contributed by atoms with Crippen LogP contribution in [0.25, 0.3) is 10.6 Å². The average molecular weight is 394 g/mol. The molecular formula is C18H23N3O3S2. The molecule has 0 N–H and O–H groups in total. The van der Waals surface area contributed by atoms with Crippen LogP contribution in [0.3, 0.4) is 0 Å². The summed E-state index contributed by atoms with van der Waals surface area (Å²) < 4.78 is 4.87. The minimum atomic E-state index is -0.301. The van der Waals surface area contributed by atoms with Gasteiger partial charge in [0, 0.05) is 38.0 Å². The molecule has 0 aromatic carbocycles. The minimum absolute atomic E-state index is 0.0342. The number of esters is 1. The van der Waals surface area contributed by atoms with E-state index in [1.807, 2.05) is 11.0 Å². The first-order valence-electron chi connectivity index (χ1n) is 8.79. The van der Waals surface area contributed by atoms with Gasteiger partial charge in [-0.1, -0.05) is 6.07 Å². The Balaban J connectivity index is 1.42. The summed E-state index contributed by atoms with van der Waals surface area (Å²) in [6.45, 7) is 6.01. The van der Waals surface area contributed by atoms with Crippen molar-refractivity contribution in [3.63, 3.8) is 0 Å². The molecule has 1 fully saturated rings. The van der Waals surface area contributed by atoms with Crippen molar-refractivity contribution in [3.05, 3.63) is 27.9 Å². The van der Waals surface area contributed by atoms with E-state index in [1.54, 1.807) is 29.6 Å². The molecule has 2 aromatic rings. The van der Waals surface area contributed by atoms with Gasteiger partial charge < -0.3 is 9.64 Å². The fourth-order valence-corrected chi connectivity index (χ4v) is 4.46. The molecule has 0 unspecified atom stereocenters. The Morgan fingerprint density at radius 2 is 2.00 bits per heavy atom. The van der Waals surface area contributed by atoms with Crippen molar-refractivity contribution in [1.29, 1.82) is 0 Å². The molecular weight excluding hydrogens is 370 g/mol. The van der Waals surface area contributed by atoms with Crippen LogP contribution in [0.2, 0.25) is 0 Å². The molecule has 8 heteroatoms. The summed E-state index contributed by atoms with van der Waals surface area (Å²) in [4.78, 5) is 33.7. The molecule has 0 aliphatic carbocycles. The van der Waals surface area contributed by atoms with Crippen LogP contribution >= 0.6 is 22.7 Å². The van der Waals surface area contributed by atoms with Gasteiger partial charge in [0.25, 0.3) is 0 Å². The molecule has 140 valence electrons. The highest BCUT2D eigenvalue weighted by atomic mass is 32.1. The van der Waals surface area contributed by atoms with Crippen LogP contribution in [-0.2, 0) is 20.9 Å². The zero-order chi connectivity index (χ0) is 18.4. The van der Waals surface area contributed by atoms with E-state index < -0.39 is 0 Å². The van der Waals surface area contributed by atoms with Crippen LogP contribution in [-0.4, -0.2) is 59.4 Å². The summed E-state index contributed by atoms with van der Waals surface area (Å²) in [7, 11) is 0. The summed E-state index contributed by atoms with van der Waals surface area (Å²) in [5.41, 5.74) is 1.05. The number of thiazole rings is 1. The van der Waals surface area contributed by atoms with Gasteiger partial charge in [0.15, 0.2) is 0 Å². The Morgan fingerprint density at radius 3 is 2.69 bits per heavy atom. The number of hydrogen-bond acceptors (Lipinski definition) is 7. The lowest BCUT2D eigenvalue weighted by Gasteiger charge is -2.34. The van der Waals surface area contributed by atoms with Crippen molar-refractivity contribution in [2.75, 3.05) is 32.8 Å². The molecule has 1 amide bonds. The Kier molecular flexibility index (Phi) is 6.76. The molecule has 1 aliphatic heterocycles. The van der Waals surface area contributed by atoms with E-state index in [1.165, 1.54) is 4.88 Å². The van der Waals surface area contributed by atoms with E-state index in [4.69, 9.17) is 9.72 Å². The third kappa shape index (κ3) is 5.12. The number of thiophene rings is 1. The van der Waals surface area contributed by atoms with Crippen molar-refractivity contribution in [3.8, 4) is 10.6 Å². The molecule has 0 radical (unpaired) electrons. The Labute approximate surface area is 161 Å². The predicted molar refractivity (Wildman–Crippen MR) is 103 cm³/mol. The molecule has 2 aromatic heterocycles. The van der Waals surface area contributed by atoms with Crippen LogP contribution in [0.5, 0.6) is 0 Å². The lowest BCUT2D eigenvalue weighted by Crippen LogP contribution is -2.48. The zero-order valence-corrected chi connectivity index (χ0v) is 16.5. The molecule has 0 atom stereocenters. The number of nitrogens with zero attached hydrogens (tertiary/aromatic N) is 3. The first-order valence-corrected chi connectivity index (χ1v) is 10.6. The Bertz CT molecular complexity index is 722. The van der Waals surface area contributed by atoms with Crippen molar-refractivity contribution in [1.82, 2.24) is 14.8 Å². The maximum absolute atomic E-state index is 12.2. The normalized spacial score (nSPS) is 15.2. The number of carbonyl (C=O) groups is 2. The van der Waals surface area contributed by atoms with Crippen molar-refractivity contribution in [2.45, 2.75) is 26.3 Å². The monoisotopic (exact) mass is 393 g/mol. The molecule has 0 spiro atoms. The van der Waals surface area contributed by atoms with E-state index in [-0.39, 0.29) is 24.7 Å². The predicted octanol–water partition coefficient (Wildman–Crippen LogP) is 2.86. The largest absolute Gasteiger partial charge is 0.466 e. The Morgan fingerprint density at radius 1 is 1.19 bits per heavy atom. The van der Waals surface area contributed by atoms with E-state index in [9.17, 15) is 9.59 Å². The first-order chi connectivity index (χ1) is 12.7. The van der Waals surface area contributed by atoms with Crippen LogP contribution in [0.1, 0.15) is 24.8 Å². The SMILES string of the molecule is CCOC(=O)CCC(=O)N1CCN(Cc2nc(-c3cccs3)cs2)CC1. The fourth-order valence-electron chi connectivity index (χ4n) is 2.87. The molecule has 1 saturated heterocycles. The molecule has 0 bridgehead atoms. The lowest BCUT2D eigenvalue weighted by atomic mass is 10.2. The molecule has 3 heterocycles. The van der Waals surface area contributed by atoms with Gasteiger partial charge in [-0.2, -0.15) is 0 Å². The highest BCUT2D eigenvalue weighted by Crippen LogP contribution is 2.26. The number of piperazine rings is 1. The van der Waals surface area contributed by atoms with Gasteiger partial charge in [0.2, 0.25) is 5.91 Å². The van der Waals surface area contributed by atoms with Gasteiger partial charge in [-0.05, 0) is 18.4 Å². The highest BCUT2D eigenvalue weighted by Gasteiger charge is 2.22. The second kappa shape index (κ2) is 9.25. The molecule has 26 heavy (non-hydrogen) atoms. The van der Waals surface area contributed by atoms with Gasteiger partial charge in [0.1, 0.15) is 5.01 Å². The summed E-state index contributed by atoms with van der Waals surface area (Å²) in [5, 5.41) is 5.28. The Hall–Kier alpha value is -1.77. The molecule has 3 rings (SSSR count). The van der Waals surface area contributed by atoms with Gasteiger partial charge in [0.05, 0.1) is 30.1 Å². The van der Waals surface area contributed by atoms with Gasteiger partial charge in [-0.25, -0.2) is 4.98 Å². The van der Waals surface area contributed by atoms with Crippen molar-refractivity contribution >= 4 is 34.6 Å². The average Bonchev–Trinajstić information content (AvgIpc) is 3.32. The zero-order valence-electron chi connectivity index (χ0n) is 14.8. The summed E-state index contributed by atoms with van der Waals surface area (Å²) in [6, 6.07) is 4.13. The number of ether oxygens (including phenoxy) is 1. The van der Waals surface area contributed by atoms with Crippen LogP contribution in [0.15, 0.2) is 22.9 Å². The van der Waals surface area contributed by atoms with E-state index in [2.05, 4.69) is 21.7 Å². The quantitative estimate of drug-likeness (QED) is 0.677. The van der Waals surface area contributed by atoms with Gasteiger partial charge >= 0.3 is 5.97 Å². The van der Waals surface area contributed by atoms with Crippen molar-refractivity contribution in [2.24, 2.45) is 0 Å². The highest BCUT2D eigenvalue weighted by molar-refractivity contribution is 7.14. The molecule has 0 saturated carbocycles. The maximum Gasteiger partial charge on any atom is 0.306 e. The van der Waals surface area contributed by atoms with Crippen LogP contribution in [0.4, 0.5) is 0 Å². The second-order valence-corrected chi connectivity index (χ2v) is 7.96. The number of aromatic nitrogens is 1. The van der Waals surface area contributed by atoms with Gasteiger partial charge in [-0.3, -0.25) is 14.5 Å². The standard InChI is InChI=1S/C18H23N3O3S2/c1-2-24-18(23)6-5-17(22)21-9-7-20(8-10-21)12-16-19-14(13-26-16)15-4-3-11-25-15/h3-4,11,13H,2,5-10,12H2,1H3. The number of carbonyl (C=O) groups excluding carboxylic acids is 2. The minimum Gasteiger partial charge on any atom is -0.466 e. The molecule has 1 aliphatic rings. The fraction of sp³-hybridized carbons (Fsp3) is 0.500. The number of amides is 1. The third-order valence-corrected chi connectivity index (χ3v) is 5.98. The number of rotatable bonds is 7. The second-order valence-electron chi connectivity index (χ2n) is 6.07. The van der Waals surface area contributed by atoms with E-state index in [0.29, 0.717) is 19.7 Å². The smallest absolute Gasteiger partial charge is 0.306 e. The summed E-state index contributed by atoms with van der Waals surface area (Å²) >= 11 is 3.39. The first kappa shape index (κ1) is 19.0. The van der Waals surface area contributed by atoms with E-state index in [0.717, 1.165) is 30.3 Å². The maximum atomic E-state index is 12.2. The number of hydrogen-bond donors (Lipinski definition) is 0. The topological polar surface area (TPSA) is 62.7 Å². The van der Waals surface area contributed by atoms with Crippen LogP contribution < -0.4 is 0 Å².